The zero-order valence-corrected chi connectivity index (χ0v) is 16.4. The molecular weight excluding hydrogens is 414 g/mol. The molecule has 1 aromatic carbocycles. The van der Waals surface area contributed by atoms with Gasteiger partial charge in [-0.3, -0.25) is 0 Å². The van der Waals surface area contributed by atoms with Crippen LogP contribution in [0.25, 0.3) is 0 Å². The van der Waals surface area contributed by atoms with Crippen molar-refractivity contribution in [2.75, 3.05) is 36.7 Å². The number of aliphatic hydroxyl groups is 1. The fourth-order valence-electron chi connectivity index (χ4n) is 3.77. The number of anilines is 1. The van der Waals surface area contributed by atoms with Crippen molar-refractivity contribution in [2.45, 2.75) is 24.0 Å². The largest absolute Gasteiger partial charge is 0.500 e. The molecule has 0 unspecified atom stereocenters. The van der Waals surface area contributed by atoms with Gasteiger partial charge in [-0.25, -0.2) is 0 Å². The first-order valence-electron chi connectivity index (χ1n) is 7.60. The van der Waals surface area contributed by atoms with Crippen LogP contribution >= 0.6 is 31.9 Å². The van der Waals surface area contributed by atoms with E-state index in [9.17, 15) is 0 Å². The van der Waals surface area contributed by atoms with Gasteiger partial charge in [0.05, 0.1) is 6.61 Å². The number of β-amino-alcohol motifs (C(OH)–C–C–N with tert-alkyl or cyclic N) is 1. The number of benzene rings is 1. The molecule has 21 heavy (non-hydrogen) atoms. The van der Waals surface area contributed by atoms with E-state index in [1.807, 2.05) is 6.07 Å². The molecule has 2 heterocycles. The molecule has 0 aromatic heterocycles. The third-order valence-electron chi connectivity index (χ3n) is 4.97. The first-order valence-corrected chi connectivity index (χ1v) is 13.8. The second-order valence-corrected chi connectivity index (χ2v) is 13.8. The molecule has 1 aromatic rings. The number of hydrogen-bond donors (Lipinski definition) is 1. The molecule has 0 aliphatic carbocycles. The van der Waals surface area contributed by atoms with Crippen molar-refractivity contribution in [2.24, 2.45) is 0 Å². The van der Waals surface area contributed by atoms with Crippen LogP contribution in [0.15, 0.2) is 18.2 Å². The van der Waals surface area contributed by atoms with Gasteiger partial charge in [0.2, 0.25) is 0 Å². The molecule has 2 aliphatic rings. The van der Waals surface area contributed by atoms with Crippen LogP contribution in [0.5, 0.6) is 0 Å². The van der Waals surface area contributed by atoms with Crippen LogP contribution in [0.2, 0.25) is 10.8 Å². The number of rotatable bonds is 3. The quantitative estimate of drug-likeness (QED) is 0.585. The van der Waals surface area contributed by atoms with Gasteiger partial charge in [0.15, 0.2) is 0 Å². The highest BCUT2D eigenvalue weighted by atomic mass is 127. The summed E-state index contributed by atoms with van der Waals surface area (Å²) in [6.45, 7) is 4.39. The first kappa shape index (κ1) is 16.4. The highest BCUT2D eigenvalue weighted by Crippen LogP contribution is 2.48. The molecule has 1 N–H and O–H groups in total. The van der Waals surface area contributed by atoms with Crippen molar-refractivity contribution >= 4 is 48.6 Å². The third kappa shape index (κ3) is 3.11. The molecule has 1 saturated heterocycles. The van der Waals surface area contributed by atoms with Crippen molar-refractivity contribution in [3.63, 3.8) is 0 Å². The molecule has 6 heteroatoms. The summed E-state index contributed by atoms with van der Waals surface area (Å²) in [6.07, 6.45) is 2.35. The maximum Gasteiger partial charge on any atom is 0.500 e. The maximum atomic E-state index is 9.12. The van der Waals surface area contributed by atoms with Crippen LogP contribution in [0, 0.1) is 0 Å². The van der Waals surface area contributed by atoms with E-state index in [1.165, 1.54) is 24.1 Å². The Kier molecular flexibility index (Phi) is 5.10. The minimum atomic E-state index is -0.895. The maximum absolute atomic E-state index is 9.12. The lowest BCUT2D eigenvalue weighted by molar-refractivity contribution is 0.137. The van der Waals surface area contributed by atoms with Gasteiger partial charge >= 0.3 is 11.1 Å². The van der Waals surface area contributed by atoms with E-state index in [4.69, 9.17) is 16.7 Å². The van der Waals surface area contributed by atoms with Gasteiger partial charge in [-0.15, -0.1) is 0 Å². The van der Waals surface area contributed by atoms with E-state index >= 15 is 0 Å². The van der Waals surface area contributed by atoms with Gasteiger partial charge in [0.1, 0.15) is 0 Å². The monoisotopic (exact) mass is 434 g/mol. The zero-order valence-electron chi connectivity index (χ0n) is 12.4. The lowest BCUT2D eigenvalue weighted by Gasteiger charge is -2.40. The molecule has 0 saturated carbocycles. The van der Waals surface area contributed by atoms with E-state index in [2.05, 4.69) is 47.0 Å². The molecule has 114 valence electrons. The molecule has 0 atom stereocenters. The van der Waals surface area contributed by atoms with E-state index in [-0.39, 0.29) is 12.0 Å². The van der Waals surface area contributed by atoms with Gasteiger partial charge < -0.3 is 13.9 Å². The Bertz CT molecular complexity index is 520. The molecule has 1 fully saturated rings. The summed E-state index contributed by atoms with van der Waals surface area (Å²) in [5.74, 6) is 2.39. The fraction of sp³-hybridized carbons (Fsp3) is 0.600. The van der Waals surface area contributed by atoms with Crippen molar-refractivity contribution < 1.29 is 5.11 Å². The Labute approximate surface area is 147 Å². The Hall–Kier alpha value is 0.492. The Morgan fingerprint density at radius 2 is 2.10 bits per heavy atom. The van der Waals surface area contributed by atoms with E-state index in [0.717, 1.165) is 31.2 Å². The average molecular weight is 435 g/mol. The molecule has 0 amide bonds. The first-order chi connectivity index (χ1) is 10.1. The number of halogens is 2. The second kappa shape index (κ2) is 6.54. The molecule has 1 spiro atoms. The topological polar surface area (TPSA) is 26.7 Å². The van der Waals surface area contributed by atoms with Gasteiger partial charge in [-0.1, -0.05) is 17.4 Å². The number of aliphatic hydroxyl groups excluding tert-OH is 1. The van der Waals surface area contributed by atoms with Crippen LogP contribution in [-0.4, -0.2) is 53.9 Å². The third-order valence-corrected chi connectivity index (χ3v) is 8.54. The summed E-state index contributed by atoms with van der Waals surface area (Å²) < 4.78 is 2.65. The highest BCUT2D eigenvalue weighted by molar-refractivity contribution is 14.1. The van der Waals surface area contributed by atoms with Crippen LogP contribution in [-0.2, 0) is 5.41 Å². The molecule has 0 radical (unpaired) electrons. The summed E-state index contributed by atoms with van der Waals surface area (Å²) in [5, 5.41) is 9.98. The number of likely N-dealkylation sites (tertiary alicyclic amines) is 1. The number of hydrogen-bond acceptors (Lipinski definition) is 3. The number of piperidine rings is 1. The minimum Gasteiger partial charge on any atom is -0.454 e. The predicted molar refractivity (Wildman–Crippen MR) is 98.9 cm³/mol. The Morgan fingerprint density at radius 3 is 2.71 bits per heavy atom. The summed E-state index contributed by atoms with van der Waals surface area (Å²) in [6, 6.07) is 6.45. The van der Waals surface area contributed by atoms with Crippen molar-refractivity contribution in [3.8, 4) is 0 Å². The standard InChI is InChI=1S/C14H18ClN2O.CH3.Al.HI/c15-11-1-2-13-12(9-11)14(10-16-13)3-5-17(6-4-14)7-8-18;;;/h1-2,9,18H,3-8,10H2;1H3;;1H/q-1;;+2;/p-1. The summed E-state index contributed by atoms with van der Waals surface area (Å²) in [5.41, 5.74) is 3.16. The number of fused-ring (bicyclic) bond motifs is 2. The Balaban J connectivity index is 1.90. The minimum absolute atomic E-state index is 0.263. The average Bonchev–Trinajstić information content (AvgIpc) is 2.77. The summed E-state index contributed by atoms with van der Waals surface area (Å²) in [4.78, 5) is 2.38. The van der Waals surface area contributed by atoms with Crippen LogP contribution in [0.1, 0.15) is 18.4 Å². The smallest absolute Gasteiger partial charge is 0.454 e. The second-order valence-electron chi connectivity index (χ2n) is 6.21. The molecule has 0 bridgehead atoms. The number of nitrogens with zero attached hydrogens (tertiary/aromatic N) is 2. The SMILES string of the molecule is [CH3][Al]([I])[N]1CC2(CCN(CCO)CC2)c2cc(Cl)ccc21. The summed E-state index contributed by atoms with van der Waals surface area (Å²) in [7, 11) is 0. The lowest BCUT2D eigenvalue weighted by Crippen LogP contribution is -2.47. The van der Waals surface area contributed by atoms with Crippen LogP contribution < -0.4 is 3.88 Å². The Morgan fingerprint density at radius 1 is 1.38 bits per heavy atom. The van der Waals surface area contributed by atoms with Crippen molar-refractivity contribution in [3.05, 3.63) is 28.8 Å². The van der Waals surface area contributed by atoms with Gasteiger partial charge in [0.25, 0.3) is 0 Å². The van der Waals surface area contributed by atoms with Gasteiger partial charge in [0, 0.05) is 29.2 Å². The van der Waals surface area contributed by atoms with Gasteiger partial charge in [-0.2, -0.15) is 20.3 Å². The predicted octanol–water partition coefficient (Wildman–Crippen LogP) is 3.04. The highest BCUT2D eigenvalue weighted by Gasteiger charge is 2.45. The molecular formula is C15H21AlClIN2O. The van der Waals surface area contributed by atoms with Crippen molar-refractivity contribution in [1.29, 1.82) is 0 Å². The summed E-state index contributed by atoms with van der Waals surface area (Å²) >= 11 is 8.02. The van der Waals surface area contributed by atoms with E-state index in [1.54, 1.807) is 0 Å². The van der Waals surface area contributed by atoms with Crippen molar-refractivity contribution in [1.82, 2.24) is 4.90 Å². The lowest BCUT2D eigenvalue weighted by atomic mass is 9.74. The zero-order chi connectivity index (χ0) is 15.0. The van der Waals surface area contributed by atoms with E-state index in [0.29, 0.717) is 0 Å². The molecule has 3 nitrogen and oxygen atoms in total. The normalized spacial score (nSPS) is 20.9. The van der Waals surface area contributed by atoms with Crippen LogP contribution in [0.4, 0.5) is 5.69 Å². The van der Waals surface area contributed by atoms with Crippen LogP contribution in [0.3, 0.4) is 0 Å². The fourth-order valence-corrected chi connectivity index (χ4v) is 6.64. The van der Waals surface area contributed by atoms with Gasteiger partial charge in [-0.05, 0) is 49.7 Å². The molecule has 3 rings (SSSR count). The van der Waals surface area contributed by atoms with E-state index < -0.39 is 11.1 Å². The molecule has 2 aliphatic heterocycles.